The highest BCUT2D eigenvalue weighted by Gasteiger charge is 2.21. The van der Waals surface area contributed by atoms with E-state index in [0.29, 0.717) is 0 Å². The van der Waals surface area contributed by atoms with E-state index in [9.17, 15) is 17.2 Å². The molecule has 0 saturated heterocycles. The first kappa shape index (κ1) is 14.4. The molecule has 92 valence electrons. The van der Waals surface area contributed by atoms with E-state index in [0.717, 1.165) is 12.1 Å². The topological polar surface area (TPSA) is 67.2 Å². The molecule has 0 heterocycles. The van der Waals surface area contributed by atoms with Gasteiger partial charge in [0.2, 0.25) is 0 Å². The van der Waals surface area contributed by atoms with E-state index in [2.05, 4.69) is 4.74 Å². The van der Waals surface area contributed by atoms with Gasteiger partial charge in [-0.1, -0.05) is 0 Å². The molecule has 0 spiro atoms. The van der Waals surface area contributed by atoms with Crippen LogP contribution in [0.5, 0.6) is 5.75 Å². The van der Waals surface area contributed by atoms with Gasteiger partial charge in [-0.15, -0.1) is 0 Å². The standard InChI is InChI=1S/C8H3ClF2INO3S/c9-17(14,15)6-2-1-5(16-8(10)11)7(12)4(6)3-13/h1-2,8H. The van der Waals surface area contributed by atoms with Crippen LogP contribution in [0.4, 0.5) is 8.78 Å². The van der Waals surface area contributed by atoms with Crippen LogP contribution in [-0.2, 0) is 9.05 Å². The normalized spacial score (nSPS) is 11.3. The molecule has 0 aliphatic rings. The number of hydrogen-bond donors (Lipinski definition) is 0. The largest absolute Gasteiger partial charge is 0.434 e. The van der Waals surface area contributed by atoms with Gasteiger partial charge in [0.25, 0.3) is 9.05 Å². The van der Waals surface area contributed by atoms with Crippen molar-refractivity contribution in [1.29, 1.82) is 5.26 Å². The first-order chi connectivity index (χ1) is 7.77. The zero-order valence-corrected chi connectivity index (χ0v) is 11.6. The number of rotatable bonds is 3. The Morgan fingerprint density at radius 3 is 2.47 bits per heavy atom. The summed E-state index contributed by atoms with van der Waals surface area (Å²) in [5.41, 5.74) is -0.321. The number of ether oxygens (including phenoxy) is 1. The molecule has 4 nitrogen and oxygen atoms in total. The quantitative estimate of drug-likeness (QED) is 0.585. The van der Waals surface area contributed by atoms with E-state index in [1.165, 1.54) is 22.6 Å². The van der Waals surface area contributed by atoms with Crippen molar-refractivity contribution in [2.75, 3.05) is 0 Å². The van der Waals surface area contributed by atoms with Gasteiger partial charge in [-0.25, -0.2) is 8.42 Å². The summed E-state index contributed by atoms with van der Waals surface area (Å²) in [5, 5.41) is 8.80. The number of halogens is 4. The lowest BCUT2D eigenvalue weighted by molar-refractivity contribution is -0.0504. The lowest BCUT2D eigenvalue weighted by Gasteiger charge is -2.09. The molecule has 0 fully saturated rings. The van der Waals surface area contributed by atoms with E-state index in [1.807, 2.05) is 0 Å². The van der Waals surface area contributed by atoms with Gasteiger partial charge in [0, 0.05) is 10.7 Å². The summed E-state index contributed by atoms with van der Waals surface area (Å²) < 4.78 is 50.4. The van der Waals surface area contributed by atoms with Crippen LogP contribution in [0.1, 0.15) is 5.56 Å². The van der Waals surface area contributed by atoms with E-state index >= 15 is 0 Å². The molecular formula is C8H3ClF2INO3S. The van der Waals surface area contributed by atoms with E-state index in [4.69, 9.17) is 15.9 Å². The molecule has 0 N–H and O–H groups in total. The molecule has 0 bridgehead atoms. The summed E-state index contributed by atoms with van der Waals surface area (Å²) >= 11 is 1.54. The van der Waals surface area contributed by atoms with Crippen molar-refractivity contribution in [1.82, 2.24) is 0 Å². The smallest absolute Gasteiger partial charge is 0.387 e. The molecule has 1 aromatic carbocycles. The van der Waals surface area contributed by atoms with Gasteiger partial charge in [0.1, 0.15) is 16.7 Å². The Balaban J connectivity index is 3.44. The van der Waals surface area contributed by atoms with Crippen LogP contribution in [0, 0.1) is 14.9 Å². The third kappa shape index (κ3) is 3.40. The van der Waals surface area contributed by atoms with E-state index in [-0.39, 0.29) is 14.9 Å². The zero-order chi connectivity index (χ0) is 13.2. The Kier molecular flexibility index (Phi) is 4.51. The van der Waals surface area contributed by atoms with E-state index in [1.54, 1.807) is 6.07 Å². The molecular weight excluding hydrogens is 391 g/mol. The summed E-state index contributed by atoms with van der Waals surface area (Å²) in [6.07, 6.45) is 0. The first-order valence-corrected chi connectivity index (χ1v) is 7.28. The Morgan fingerprint density at radius 1 is 1.47 bits per heavy atom. The van der Waals surface area contributed by atoms with Gasteiger partial charge in [-0.3, -0.25) is 0 Å². The zero-order valence-electron chi connectivity index (χ0n) is 7.82. The highest BCUT2D eigenvalue weighted by atomic mass is 127. The van der Waals surface area contributed by atoms with Crippen molar-refractivity contribution in [3.05, 3.63) is 21.3 Å². The second-order valence-electron chi connectivity index (χ2n) is 2.68. The molecule has 0 aromatic heterocycles. The first-order valence-electron chi connectivity index (χ1n) is 3.89. The fourth-order valence-corrected chi connectivity index (χ4v) is 2.94. The summed E-state index contributed by atoms with van der Waals surface area (Å²) in [4.78, 5) is -0.437. The van der Waals surface area contributed by atoms with E-state index < -0.39 is 20.6 Å². The number of nitrogens with zero attached hydrogens (tertiary/aromatic N) is 1. The Morgan fingerprint density at radius 2 is 2.06 bits per heavy atom. The Labute approximate surface area is 114 Å². The maximum Gasteiger partial charge on any atom is 0.387 e. The number of alkyl halides is 2. The highest BCUT2D eigenvalue weighted by molar-refractivity contribution is 14.1. The van der Waals surface area contributed by atoms with Crippen LogP contribution in [0.2, 0.25) is 0 Å². The Bertz CT molecular complexity index is 585. The van der Waals surface area contributed by atoms with Crippen molar-refractivity contribution in [3.8, 4) is 11.8 Å². The van der Waals surface area contributed by atoms with Crippen molar-refractivity contribution < 1.29 is 21.9 Å². The summed E-state index contributed by atoms with van der Waals surface area (Å²) in [5.74, 6) is -0.277. The molecule has 0 radical (unpaired) electrons. The Hall–Kier alpha value is -0.660. The molecule has 0 aliphatic carbocycles. The molecule has 1 aromatic rings. The highest BCUT2D eigenvalue weighted by Crippen LogP contribution is 2.31. The predicted molar refractivity (Wildman–Crippen MR) is 63.5 cm³/mol. The summed E-state index contributed by atoms with van der Waals surface area (Å²) in [7, 11) is 0.990. The number of nitriles is 1. The maximum absolute atomic E-state index is 12.0. The van der Waals surface area contributed by atoms with Crippen LogP contribution >= 0.6 is 33.3 Å². The van der Waals surface area contributed by atoms with Gasteiger partial charge in [-0.2, -0.15) is 14.0 Å². The van der Waals surface area contributed by atoms with Crippen LogP contribution in [0.15, 0.2) is 17.0 Å². The lowest BCUT2D eigenvalue weighted by Crippen LogP contribution is -2.06. The lowest BCUT2D eigenvalue weighted by atomic mass is 10.2. The number of hydrogen-bond acceptors (Lipinski definition) is 4. The molecule has 0 aliphatic heterocycles. The average Bonchev–Trinajstić information content (AvgIpc) is 2.18. The van der Waals surface area contributed by atoms with Gasteiger partial charge in [0.05, 0.1) is 9.13 Å². The van der Waals surface area contributed by atoms with Crippen LogP contribution in [0.25, 0.3) is 0 Å². The van der Waals surface area contributed by atoms with Crippen LogP contribution in [0.3, 0.4) is 0 Å². The molecule has 1 rings (SSSR count). The minimum absolute atomic E-state index is 0.0351. The fraction of sp³-hybridized carbons (Fsp3) is 0.125. The molecule has 0 atom stereocenters. The summed E-state index contributed by atoms with van der Waals surface area (Å²) in [6.45, 7) is -3.06. The van der Waals surface area contributed by atoms with Gasteiger partial charge < -0.3 is 4.74 Å². The van der Waals surface area contributed by atoms with Crippen molar-refractivity contribution in [3.63, 3.8) is 0 Å². The van der Waals surface area contributed by atoms with Crippen molar-refractivity contribution >= 4 is 42.3 Å². The average molecular weight is 394 g/mol. The number of benzene rings is 1. The monoisotopic (exact) mass is 393 g/mol. The minimum Gasteiger partial charge on any atom is -0.434 e. The summed E-state index contributed by atoms with van der Waals surface area (Å²) in [6, 6.07) is 3.55. The maximum atomic E-state index is 12.0. The van der Waals surface area contributed by atoms with Gasteiger partial charge in [-0.05, 0) is 34.7 Å². The second-order valence-corrected chi connectivity index (χ2v) is 6.29. The molecule has 9 heteroatoms. The molecule has 0 saturated carbocycles. The van der Waals surface area contributed by atoms with Crippen molar-refractivity contribution in [2.45, 2.75) is 11.5 Å². The van der Waals surface area contributed by atoms with Gasteiger partial charge in [0.15, 0.2) is 0 Å². The van der Waals surface area contributed by atoms with Crippen LogP contribution < -0.4 is 4.74 Å². The van der Waals surface area contributed by atoms with Crippen molar-refractivity contribution in [2.24, 2.45) is 0 Å². The third-order valence-electron chi connectivity index (χ3n) is 1.66. The third-order valence-corrected chi connectivity index (χ3v) is 4.09. The second kappa shape index (κ2) is 5.32. The fourth-order valence-electron chi connectivity index (χ4n) is 1.03. The minimum atomic E-state index is -4.11. The van der Waals surface area contributed by atoms with Crippen LogP contribution in [-0.4, -0.2) is 15.0 Å². The van der Waals surface area contributed by atoms with Gasteiger partial charge >= 0.3 is 6.61 Å². The molecule has 0 unspecified atom stereocenters. The molecule has 0 amide bonds. The SMILES string of the molecule is N#Cc1c(S(=O)(=O)Cl)ccc(OC(F)F)c1I. The predicted octanol–water partition coefficient (Wildman–Crippen LogP) is 2.69. The molecule has 17 heavy (non-hydrogen) atoms.